The molecule has 0 bridgehead atoms. The van der Waals surface area contributed by atoms with Crippen LogP contribution < -0.4 is 0 Å². The van der Waals surface area contributed by atoms with E-state index in [1.54, 1.807) is 11.8 Å². The van der Waals surface area contributed by atoms with Crippen molar-refractivity contribution in [3.63, 3.8) is 0 Å². The molecule has 2 rings (SSSR count). The number of benzene rings is 1. The third-order valence-electron chi connectivity index (χ3n) is 3.39. The number of nitrogens with zero attached hydrogens (tertiary/aromatic N) is 1. The predicted octanol–water partition coefficient (Wildman–Crippen LogP) is 2.12. The molecule has 0 spiro atoms. The van der Waals surface area contributed by atoms with Crippen LogP contribution in [0, 0.1) is 12.7 Å². The molecule has 0 aromatic heterocycles. The van der Waals surface area contributed by atoms with E-state index in [9.17, 15) is 14.3 Å². The number of amides is 1. The van der Waals surface area contributed by atoms with Gasteiger partial charge in [0.25, 0.3) is 5.91 Å². The Morgan fingerprint density at radius 2 is 2.17 bits per heavy atom. The molecule has 0 unspecified atom stereocenters. The summed E-state index contributed by atoms with van der Waals surface area (Å²) in [6.07, 6.45) is 1.60. The number of halogens is 1. The molecule has 1 amide bonds. The van der Waals surface area contributed by atoms with E-state index in [2.05, 4.69) is 0 Å². The number of hydrogen-bond acceptors (Lipinski definition) is 2. The van der Waals surface area contributed by atoms with Crippen molar-refractivity contribution >= 4 is 5.91 Å². The van der Waals surface area contributed by atoms with Crippen molar-refractivity contribution in [2.24, 2.45) is 0 Å². The maximum atomic E-state index is 13.0. The lowest BCUT2D eigenvalue weighted by atomic mass is 9.88. The van der Waals surface area contributed by atoms with Crippen LogP contribution in [0.25, 0.3) is 0 Å². The first-order valence-corrected chi connectivity index (χ1v) is 6.23. The summed E-state index contributed by atoms with van der Waals surface area (Å²) in [5.74, 6) is -0.469. The molecule has 0 saturated carbocycles. The molecule has 4 heteroatoms. The first kappa shape index (κ1) is 13.0. The molecule has 1 heterocycles. The summed E-state index contributed by atoms with van der Waals surface area (Å²) >= 11 is 0. The Balaban J connectivity index is 2.06. The third kappa shape index (κ3) is 2.38. The average Bonchev–Trinajstić information content (AvgIpc) is 2.25. The Bertz CT molecular complexity index is 467. The van der Waals surface area contributed by atoms with Crippen molar-refractivity contribution in [1.29, 1.82) is 0 Å². The second-order valence-corrected chi connectivity index (χ2v) is 5.09. The van der Waals surface area contributed by atoms with Crippen LogP contribution in [0.4, 0.5) is 4.39 Å². The lowest BCUT2D eigenvalue weighted by molar-refractivity contribution is -0.0860. The van der Waals surface area contributed by atoms with Crippen molar-refractivity contribution in [1.82, 2.24) is 4.90 Å². The fourth-order valence-electron chi connectivity index (χ4n) is 2.47. The van der Waals surface area contributed by atoms with Crippen LogP contribution in [0.5, 0.6) is 0 Å². The Hall–Kier alpha value is -1.42. The number of β-amino-alcohol motifs (C(OH)–C–C–N with tert-alkyl or cyclic N) is 1. The second kappa shape index (κ2) is 4.69. The van der Waals surface area contributed by atoms with Gasteiger partial charge in [0.2, 0.25) is 0 Å². The van der Waals surface area contributed by atoms with E-state index in [0.717, 1.165) is 6.42 Å². The molecule has 1 fully saturated rings. The summed E-state index contributed by atoms with van der Waals surface area (Å²) in [5, 5.41) is 10.0. The van der Waals surface area contributed by atoms with Crippen molar-refractivity contribution in [2.45, 2.75) is 32.3 Å². The lowest BCUT2D eigenvalue weighted by Crippen LogP contribution is -2.63. The summed E-state index contributed by atoms with van der Waals surface area (Å²) in [5.41, 5.74) is 0.416. The minimum atomic E-state index is -0.724. The molecule has 98 valence electrons. The average molecular weight is 251 g/mol. The summed E-state index contributed by atoms with van der Waals surface area (Å²) in [4.78, 5) is 13.8. The van der Waals surface area contributed by atoms with Crippen LogP contribution in [-0.4, -0.2) is 34.6 Å². The zero-order valence-corrected chi connectivity index (χ0v) is 10.7. The van der Waals surface area contributed by atoms with Gasteiger partial charge >= 0.3 is 0 Å². The van der Waals surface area contributed by atoms with Gasteiger partial charge in [-0.2, -0.15) is 0 Å². The van der Waals surface area contributed by atoms with Crippen molar-refractivity contribution in [3.05, 3.63) is 35.1 Å². The van der Waals surface area contributed by atoms with E-state index in [-0.39, 0.29) is 11.7 Å². The van der Waals surface area contributed by atoms with Gasteiger partial charge in [0, 0.05) is 5.56 Å². The second-order valence-electron chi connectivity index (χ2n) is 5.09. The van der Waals surface area contributed by atoms with E-state index in [0.29, 0.717) is 30.6 Å². The SMILES string of the molecule is CCCC1(O)CN(C(=O)c2ccc(F)cc2C)C1. The Morgan fingerprint density at radius 3 is 2.72 bits per heavy atom. The Kier molecular flexibility index (Phi) is 3.39. The van der Waals surface area contributed by atoms with E-state index in [1.807, 2.05) is 6.92 Å². The highest BCUT2D eigenvalue weighted by atomic mass is 19.1. The van der Waals surface area contributed by atoms with Gasteiger partial charge in [0.15, 0.2) is 0 Å². The van der Waals surface area contributed by atoms with Crippen LogP contribution in [0.15, 0.2) is 18.2 Å². The molecule has 1 N–H and O–H groups in total. The number of hydrogen-bond donors (Lipinski definition) is 1. The van der Waals surface area contributed by atoms with Crippen LogP contribution >= 0.6 is 0 Å². The number of rotatable bonds is 3. The number of aliphatic hydroxyl groups is 1. The highest BCUT2D eigenvalue weighted by Gasteiger charge is 2.43. The summed E-state index contributed by atoms with van der Waals surface area (Å²) in [7, 11) is 0. The van der Waals surface area contributed by atoms with E-state index < -0.39 is 5.60 Å². The van der Waals surface area contributed by atoms with Crippen LogP contribution in [0.2, 0.25) is 0 Å². The molecule has 1 aromatic rings. The Labute approximate surface area is 106 Å². The van der Waals surface area contributed by atoms with Crippen molar-refractivity contribution in [3.8, 4) is 0 Å². The fourth-order valence-corrected chi connectivity index (χ4v) is 2.47. The minimum absolute atomic E-state index is 0.131. The van der Waals surface area contributed by atoms with Crippen molar-refractivity contribution < 1.29 is 14.3 Å². The maximum absolute atomic E-state index is 13.0. The topological polar surface area (TPSA) is 40.5 Å². The molecule has 1 aliphatic heterocycles. The predicted molar refractivity (Wildman–Crippen MR) is 66.9 cm³/mol. The van der Waals surface area contributed by atoms with Crippen molar-refractivity contribution in [2.75, 3.05) is 13.1 Å². The van der Waals surface area contributed by atoms with Crippen LogP contribution in [0.1, 0.15) is 35.7 Å². The molecule has 0 aliphatic carbocycles. The van der Waals surface area contributed by atoms with E-state index in [1.165, 1.54) is 18.2 Å². The van der Waals surface area contributed by atoms with Gasteiger partial charge in [-0.05, 0) is 37.1 Å². The number of aryl methyl sites for hydroxylation is 1. The van der Waals surface area contributed by atoms with Gasteiger partial charge in [0.05, 0.1) is 18.7 Å². The highest BCUT2D eigenvalue weighted by molar-refractivity contribution is 5.96. The van der Waals surface area contributed by atoms with Gasteiger partial charge in [-0.1, -0.05) is 13.3 Å². The van der Waals surface area contributed by atoms with Gasteiger partial charge in [0.1, 0.15) is 5.82 Å². The van der Waals surface area contributed by atoms with Gasteiger partial charge in [-0.3, -0.25) is 4.79 Å². The normalized spacial score (nSPS) is 17.4. The number of carbonyl (C=O) groups excluding carboxylic acids is 1. The Morgan fingerprint density at radius 1 is 1.50 bits per heavy atom. The van der Waals surface area contributed by atoms with Crippen LogP contribution in [-0.2, 0) is 0 Å². The zero-order chi connectivity index (χ0) is 13.3. The smallest absolute Gasteiger partial charge is 0.254 e. The maximum Gasteiger partial charge on any atom is 0.254 e. The quantitative estimate of drug-likeness (QED) is 0.894. The van der Waals surface area contributed by atoms with E-state index >= 15 is 0 Å². The zero-order valence-electron chi connectivity index (χ0n) is 10.7. The lowest BCUT2D eigenvalue weighted by Gasteiger charge is -2.46. The summed E-state index contributed by atoms with van der Waals surface area (Å²) < 4.78 is 13.0. The fraction of sp³-hybridized carbons (Fsp3) is 0.500. The summed E-state index contributed by atoms with van der Waals surface area (Å²) in [6.45, 7) is 4.47. The first-order valence-electron chi connectivity index (χ1n) is 6.23. The van der Waals surface area contributed by atoms with Gasteiger partial charge < -0.3 is 10.0 Å². The molecule has 0 atom stereocenters. The number of likely N-dealkylation sites (tertiary alicyclic amines) is 1. The minimum Gasteiger partial charge on any atom is -0.386 e. The molecular weight excluding hydrogens is 233 g/mol. The standard InChI is InChI=1S/C14H18FNO2/c1-3-6-14(18)8-16(9-14)13(17)12-5-4-11(15)7-10(12)2/h4-5,7,18H,3,6,8-9H2,1-2H3. The van der Waals surface area contributed by atoms with Gasteiger partial charge in [-0.15, -0.1) is 0 Å². The molecule has 1 aromatic carbocycles. The third-order valence-corrected chi connectivity index (χ3v) is 3.39. The molecule has 1 saturated heterocycles. The molecule has 0 radical (unpaired) electrons. The summed E-state index contributed by atoms with van der Waals surface area (Å²) in [6, 6.07) is 4.15. The monoisotopic (exact) mass is 251 g/mol. The van der Waals surface area contributed by atoms with Crippen LogP contribution in [0.3, 0.4) is 0 Å². The highest BCUT2D eigenvalue weighted by Crippen LogP contribution is 2.27. The first-order chi connectivity index (χ1) is 8.45. The van der Waals surface area contributed by atoms with Gasteiger partial charge in [-0.25, -0.2) is 4.39 Å². The number of carbonyl (C=O) groups is 1. The largest absolute Gasteiger partial charge is 0.386 e. The van der Waals surface area contributed by atoms with E-state index in [4.69, 9.17) is 0 Å². The molecule has 1 aliphatic rings. The molecule has 3 nitrogen and oxygen atoms in total. The molecule has 18 heavy (non-hydrogen) atoms. The molecular formula is C14H18FNO2.